The smallest absolute Gasteiger partial charge is 0.0864 e. The first-order valence-electron chi connectivity index (χ1n) is 7.04. The SMILES string of the molecule is CCn1cc(CC(O)c2cn(C)nc2C(C)(C)C)cn1. The van der Waals surface area contributed by atoms with Gasteiger partial charge in [-0.25, -0.2) is 0 Å². The molecule has 5 heteroatoms. The molecule has 0 saturated heterocycles. The molecule has 1 unspecified atom stereocenters. The first-order chi connectivity index (χ1) is 9.31. The average molecular weight is 276 g/mol. The third kappa shape index (κ3) is 3.10. The van der Waals surface area contributed by atoms with Crippen LogP contribution in [0.15, 0.2) is 18.6 Å². The molecule has 1 atom stereocenters. The van der Waals surface area contributed by atoms with Crippen molar-refractivity contribution >= 4 is 0 Å². The standard InChI is InChI=1S/C15H24N4O/c1-6-19-9-11(8-16-19)7-13(20)12-10-18(5)17-14(12)15(2,3)4/h8-10,13,20H,6-7H2,1-5H3. The average Bonchev–Trinajstić information content (AvgIpc) is 2.94. The van der Waals surface area contributed by atoms with Crippen molar-refractivity contribution in [3.63, 3.8) is 0 Å². The van der Waals surface area contributed by atoms with Crippen LogP contribution in [0, 0.1) is 0 Å². The Morgan fingerprint density at radius 2 is 2.00 bits per heavy atom. The zero-order valence-corrected chi connectivity index (χ0v) is 13.0. The van der Waals surface area contributed by atoms with Gasteiger partial charge < -0.3 is 5.11 Å². The Hall–Kier alpha value is -1.62. The Labute approximate surface area is 120 Å². The molecule has 5 nitrogen and oxygen atoms in total. The molecular weight excluding hydrogens is 252 g/mol. The summed E-state index contributed by atoms with van der Waals surface area (Å²) in [6, 6.07) is 0. The monoisotopic (exact) mass is 276 g/mol. The van der Waals surface area contributed by atoms with Crippen molar-refractivity contribution in [2.24, 2.45) is 7.05 Å². The van der Waals surface area contributed by atoms with Crippen molar-refractivity contribution in [2.45, 2.75) is 52.2 Å². The molecular formula is C15H24N4O. The Bertz CT molecular complexity index is 577. The van der Waals surface area contributed by atoms with Crippen LogP contribution in [0.2, 0.25) is 0 Å². The van der Waals surface area contributed by atoms with E-state index in [2.05, 4.69) is 31.0 Å². The summed E-state index contributed by atoms with van der Waals surface area (Å²) in [5, 5.41) is 19.3. The number of hydrogen-bond acceptors (Lipinski definition) is 3. The van der Waals surface area contributed by atoms with Crippen molar-refractivity contribution < 1.29 is 5.11 Å². The van der Waals surface area contributed by atoms with Gasteiger partial charge in [-0.3, -0.25) is 9.36 Å². The van der Waals surface area contributed by atoms with E-state index in [-0.39, 0.29) is 5.41 Å². The van der Waals surface area contributed by atoms with Gasteiger partial charge in [0.05, 0.1) is 18.0 Å². The minimum absolute atomic E-state index is 0.0782. The maximum atomic E-state index is 10.5. The summed E-state index contributed by atoms with van der Waals surface area (Å²) < 4.78 is 3.64. The molecule has 0 bridgehead atoms. The summed E-state index contributed by atoms with van der Waals surface area (Å²) in [6.45, 7) is 9.23. The number of aliphatic hydroxyl groups is 1. The van der Waals surface area contributed by atoms with E-state index in [1.54, 1.807) is 4.68 Å². The largest absolute Gasteiger partial charge is 0.388 e. The van der Waals surface area contributed by atoms with Gasteiger partial charge in [0, 0.05) is 43.4 Å². The maximum absolute atomic E-state index is 10.5. The molecule has 0 aliphatic rings. The first-order valence-corrected chi connectivity index (χ1v) is 7.04. The van der Waals surface area contributed by atoms with Crippen LogP contribution >= 0.6 is 0 Å². The predicted octanol–water partition coefficient (Wildman–Crippen LogP) is 2.21. The number of nitrogens with zero attached hydrogens (tertiary/aromatic N) is 4. The molecule has 1 N–H and O–H groups in total. The van der Waals surface area contributed by atoms with E-state index in [4.69, 9.17) is 0 Å². The van der Waals surface area contributed by atoms with E-state index in [9.17, 15) is 5.11 Å². The van der Waals surface area contributed by atoms with Crippen LogP contribution in [0.1, 0.15) is 50.6 Å². The minimum atomic E-state index is -0.549. The third-order valence-corrected chi connectivity index (χ3v) is 3.37. The second kappa shape index (κ2) is 5.40. The van der Waals surface area contributed by atoms with Crippen LogP contribution in [-0.4, -0.2) is 24.7 Å². The predicted molar refractivity (Wildman–Crippen MR) is 78.5 cm³/mol. The highest BCUT2D eigenvalue weighted by Gasteiger charge is 2.25. The molecule has 0 aliphatic carbocycles. The highest BCUT2D eigenvalue weighted by molar-refractivity contribution is 5.27. The van der Waals surface area contributed by atoms with Crippen molar-refractivity contribution in [1.82, 2.24) is 19.6 Å². The molecule has 0 spiro atoms. The zero-order valence-electron chi connectivity index (χ0n) is 13.0. The van der Waals surface area contributed by atoms with Gasteiger partial charge in [0.1, 0.15) is 0 Å². The van der Waals surface area contributed by atoms with Crippen molar-refractivity contribution in [3.05, 3.63) is 35.4 Å². The lowest BCUT2D eigenvalue weighted by atomic mass is 9.87. The summed E-state index contributed by atoms with van der Waals surface area (Å²) in [5.41, 5.74) is 2.83. The molecule has 0 saturated carbocycles. The zero-order chi connectivity index (χ0) is 14.9. The highest BCUT2D eigenvalue weighted by Crippen LogP contribution is 2.29. The van der Waals surface area contributed by atoms with Gasteiger partial charge in [-0.1, -0.05) is 20.8 Å². The van der Waals surface area contributed by atoms with Gasteiger partial charge in [-0.05, 0) is 12.5 Å². The normalized spacial score (nSPS) is 13.7. The summed E-state index contributed by atoms with van der Waals surface area (Å²) in [4.78, 5) is 0. The second-order valence-corrected chi connectivity index (χ2v) is 6.28. The topological polar surface area (TPSA) is 55.9 Å². The lowest BCUT2D eigenvalue weighted by molar-refractivity contribution is 0.176. The van der Waals surface area contributed by atoms with Crippen molar-refractivity contribution in [2.75, 3.05) is 0 Å². The molecule has 2 rings (SSSR count). The molecule has 2 heterocycles. The van der Waals surface area contributed by atoms with Crippen LogP contribution in [0.5, 0.6) is 0 Å². The second-order valence-electron chi connectivity index (χ2n) is 6.28. The Morgan fingerprint density at radius 3 is 2.55 bits per heavy atom. The van der Waals surface area contributed by atoms with Gasteiger partial charge in [0.15, 0.2) is 0 Å². The molecule has 0 amide bonds. The van der Waals surface area contributed by atoms with E-state index < -0.39 is 6.10 Å². The number of aromatic nitrogens is 4. The first kappa shape index (κ1) is 14.8. The Kier molecular flexibility index (Phi) is 3.99. The number of rotatable bonds is 4. The van der Waals surface area contributed by atoms with Gasteiger partial charge in [0.2, 0.25) is 0 Å². The number of aliphatic hydroxyl groups excluding tert-OH is 1. The summed E-state index contributed by atoms with van der Waals surface area (Å²) >= 11 is 0. The molecule has 110 valence electrons. The van der Waals surface area contributed by atoms with Crippen LogP contribution in [0.4, 0.5) is 0 Å². The Balaban J connectivity index is 2.22. The van der Waals surface area contributed by atoms with Crippen molar-refractivity contribution in [1.29, 1.82) is 0 Å². The minimum Gasteiger partial charge on any atom is -0.388 e. The molecule has 0 fully saturated rings. The van der Waals surface area contributed by atoms with Crippen LogP contribution in [0.3, 0.4) is 0 Å². The van der Waals surface area contributed by atoms with E-state index in [1.807, 2.05) is 37.2 Å². The summed E-state index contributed by atoms with van der Waals surface area (Å²) in [7, 11) is 1.89. The van der Waals surface area contributed by atoms with Gasteiger partial charge in [0.25, 0.3) is 0 Å². The van der Waals surface area contributed by atoms with Crippen LogP contribution in [0.25, 0.3) is 0 Å². The van der Waals surface area contributed by atoms with Gasteiger partial charge in [-0.15, -0.1) is 0 Å². The Morgan fingerprint density at radius 1 is 1.30 bits per heavy atom. The fourth-order valence-corrected chi connectivity index (χ4v) is 2.35. The number of aryl methyl sites for hydroxylation is 2. The summed E-state index contributed by atoms with van der Waals surface area (Å²) in [5.74, 6) is 0. The molecule has 0 radical (unpaired) electrons. The molecule has 0 aromatic carbocycles. The third-order valence-electron chi connectivity index (χ3n) is 3.37. The van der Waals surface area contributed by atoms with Crippen molar-refractivity contribution in [3.8, 4) is 0 Å². The highest BCUT2D eigenvalue weighted by atomic mass is 16.3. The van der Waals surface area contributed by atoms with Gasteiger partial charge in [-0.2, -0.15) is 10.2 Å². The van der Waals surface area contributed by atoms with Crippen LogP contribution < -0.4 is 0 Å². The van der Waals surface area contributed by atoms with E-state index in [0.717, 1.165) is 23.4 Å². The maximum Gasteiger partial charge on any atom is 0.0864 e. The molecule has 0 aliphatic heterocycles. The number of hydrogen-bond donors (Lipinski definition) is 1. The van der Waals surface area contributed by atoms with Crippen LogP contribution in [-0.2, 0) is 25.4 Å². The molecule has 2 aromatic rings. The van der Waals surface area contributed by atoms with E-state index in [0.29, 0.717) is 6.42 Å². The van der Waals surface area contributed by atoms with E-state index in [1.165, 1.54) is 0 Å². The quantitative estimate of drug-likeness (QED) is 0.931. The molecule has 2 aromatic heterocycles. The fourth-order valence-electron chi connectivity index (χ4n) is 2.35. The lowest BCUT2D eigenvalue weighted by Gasteiger charge is -2.19. The van der Waals surface area contributed by atoms with Gasteiger partial charge >= 0.3 is 0 Å². The lowest BCUT2D eigenvalue weighted by Crippen LogP contribution is -2.16. The fraction of sp³-hybridized carbons (Fsp3) is 0.600. The molecule has 20 heavy (non-hydrogen) atoms. The van der Waals surface area contributed by atoms with E-state index >= 15 is 0 Å². The summed E-state index contributed by atoms with van der Waals surface area (Å²) in [6.07, 6.45) is 5.73.